The lowest BCUT2D eigenvalue weighted by Gasteiger charge is -2.14. The number of carbonyl (C=O) groups is 4. The first-order valence-corrected chi connectivity index (χ1v) is 10.5. The topological polar surface area (TPSA) is 105 Å². The number of benzene rings is 2. The molecule has 184 valence electrons. The predicted octanol–water partition coefficient (Wildman–Crippen LogP) is 5.00. The van der Waals surface area contributed by atoms with Crippen LogP contribution in [-0.4, -0.2) is 23.9 Å². The van der Waals surface area contributed by atoms with Crippen LogP contribution in [0.1, 0.15) is 25.0 Å². The Labute approximate surface area is 208 Å². The maximum absolute atomic E-state index is 11.7. The van der Waals surface area contributed by atoms with E-state index in [9.17, 15) is 19.2 Å². The van der Waals surface area contributed by atoms with Gasteiger partial charge in [-0.2, -0.15) is 0 Å². The van der Waals surface area contributed by atoms with Crippen molar-refractivity contribution in [3.05, 3.63) is 98.1 Å². The van der Waals surface area contributed by atoms with Gasteiger partial charge >= 0.3 is 23.9 Å². The third kappa shape index (κ3) is 7.53. The number of hydrogen-bond acceptors (Lipinski definition) is 8. The van der Waals surface area contributed by atoms with Crippen molar-refractivity contribution < 1.29 is 38.1 Å². The second-order valence-electron chi connectivity index (χ2n) is 7.14. The smallest absolute Gasteiger partial charge is 0.335 e. The normalized spacial score (nSPS) is 10.7. The molecular weight excluding hydrogens is 464 g/mol. The fraction of sp³-hybridized carbons (Fsp3) is 0.0714. The standard InChI is InChI=1S/C28H24O8/c1-7-25(29)33-21-11-19(12-22(15-21)34-26(30)8-2)17(5)18(6)20-13-23(35-27(31)9-3)16-24(14-20)36-28(32)10-4/h7-16H,1-4H2,5-6H3. The van der Waals surface area contributed by atoms with Crippen LogP contribution < -0.4 is 18.9 Å². The van der Waals surface area contributed by atoms with E-state index in [0.717, 1.165) is 24.3 Å². The zero-order valence-electron chi connectivity index (χ0n) is 19.9. The molecule has 8 heteroatoms. The third-order valence-electron chi connectivity index (χ3n) is 4.73. The van der Waals surface area contributed by atoms with Gasteiger partial charge in [-0.1, -0.05) is 26.3 Å². The molecule has 0 amide bonds. The Morgan fingerprint density at radius 1 is 0.500 bits per heavy atom. The fourth-order valence-corrected chi connectivity index (χ4v) is 2.88. The lowest BCUT2D eigenvalue weighted by Crippen LogP contribution is -2.07. The van der Waals surface area contributed by atoms with Crippen LogP contribution in [0.4, 0.5) is 0 Å². The SMILES string of the molecule is C=CC(=O)Oc1cc(OC(=O)C=C)cc(C(C)=C(C)c2cc(OC(=O)C=C)cc(OC(=O)C=C)c2)c1. The molecule has 0 saturated heterocycles. The Kier molecular flexibility index (Phi) is 9.45. The summed E-state index contributed by atoms with van der Waals surface area (Å²) in [5, 5.41) is 0. The molecule has 0 saturated carbocycles. The molecule has 0 unspecified atom stereocenters. The molecule has 0 bridgehead atoms. The Hall–Kier alpha value is -4.98. The van der Waals surface area contributed by atoms with E-state index in [2.05, 4.69) is 26.3 Å². The molecule has 2 aromatic rings. The zero-order valence-corrected chi connectivity index (χ0v) is 19.9. The van der Waals surface area contributed by atoms with Crippen molar-refractivity contribution >= 4 is 35.0 Å². The maximum Gasteiger partial charge on any atom is 0.335 e. The zero-order chi connectivity index (χ0) is 26.8. The summed E-state index contributed by atoms with van der Waals surface area (Å²) < 4.78 is 20.9. The minimum Gasteiger partial charge on any atom is -0.423 e. The molecule has 2 rings (SSSR count). The molecular formula is C28H24O8. The average molecular weight is 488 g/mol. The Morgan fingerprint density at radius 3 is 0.917 bits per heavy atom. The first-order chi connectivity index (χ1) is 17.1. The van der Waals surface area contributed by atoms with Gasteiger partial charge in [0.05, 0.1) is 0 Å². The molecule has 0 aliphatic rings. The number of esters is 4. The number of hydrogen-bond donors (Lipinski definition) is 0. The van der Waals surface area contributed by atoms with Gasteiger partial charge in [-0.15, -0.1) is 0 Å². The van der Waals surface area contributed by atoms with E-state index >= 15 is 0 Å². The van der Waals surface area contributed by atoms with Gasteiger partial charge in [0.15, 0.2) is 0 Å². The van der Waals surface area contributed by atoms with E-state index in [1.54, 1.807) is 38.1 Å². The van der Waals surface area contributed by atoms with Crippen LogP contribution in [-0.2, 0) is 19.2 Å². The van der Waals surface area contributed by atoms with Gasteiger partial charge in [0.1, 0.15) is 23.0 Å². The molecule has 0 N–H and O–H groups in total. The van der Waals surface area contributed by atoms with E-state index in [4.69, 9.17) is 18.9 Å². The summed E-state index contributed by atoms with van der Waals surface area (Å²) in [5.41, 5.74) is 2.45. The Bertz CT molecular complexity index is 1120. The predicted molar refractivity (Wildman–Crippen MR) is 134 cm³/mol. The highest BCUT2D eigenvalue weighted by atomic mass is 16.6. The first kappa shape index (κ1) is 27.3. The minimum atomic E-state index is -0.697. The van der Waals surface area contributed by atoms with E-state index in [-0.39, 0.29) is 23.0 Å². The summed E-state index contributed by atoms with van der Waals surface area (Å²) >= 11 is 0. The summed E-state index contributed by atoms with van der Waals surface area (Å²) in [6.07, 6.45) is 3.99. The van der Waals surface area contributed by atoms with Crippen LogP contribution in [0, 0.1) is 0 Å². The quantitative estimate of drug-likeness (QED) is 0.199. The number of allylic oxidation sites excluding steroid dienone is 2. The van der Waals surface area contributed by atoms with Crippen molar-refractivity contribution in [2.24, 2.45) is 0 Å². The fourth-order valence-electron chi connectivity index (χ4n) is 2.88. The summed E-state index contributed by atoms with van der Waals surface area (Å²) in [6.45, 7) is 17.0. The van der Waals surface area contributed by atoms with Gasteiger partial charge in [-0.25, -0.2) is 19.2 Å². The molecule has 0 aliphatic heterocycles. The molecule has 0 aromatic heterocycles. The number of rotatable bonds is 10. The van der Waals surface area contributed by atoms with Crippen molar-refractivity contribution in [2.75, 3.05) is 0 Å². The monoisotopic (exact) mass is 488 g/mol. The van der Waals surface area contributed by atoms with Crippen LogP contribution in [0.3, 0.4) is 0 Å². The molecule has 0 atom stereocenters. The van der Waals surface area contributed by atoms with E-state index < -0.39 is 23.9 Å². The molecule has 36 heavy (non-hydrogen) atoms. The molecule has 0 aliphatic carbocycles. The van der Waals surface area contributed by atoms with Crippen molar-refractivity contribution in [1.29, 1.82) is 0 Å². The second kappa shape index (κ2) is 12.5. The highest BCUT2D eigenvalue weighted by molar-refractivity contribution is 5.92. The van der Waals surface area contributed by atoms with Gasteiger partial charge in [0, 0.05) is 36.4 Å². The van der Waals surface area contributed by atoms with E-state index in [1.807, 2.05) is 0 Å². The van der Waals surface area contributed by atoms with Gasteiger partial charge in [0.2, 0.25) is 0 Å². The van der Waals surface area contributed by atoms with Crippen LogP contribution in [0.5, 0.6) is 23.0 Å². The van der Waals surface area contributed by atoms with Crippen molar-refractivity contribution in [1.82, 2.24) is 0 Å². The molecule has 0 spiro atoms. The number of ether oxygens (including phenoxy) is 4. The number of carbonyl (C=O) groups excluding carboxylic acids is 4. The van der Waals surface area contributed by atoms with Crippen LogP contribution in [0.25, 0.3) is 11.1 Å². The summed E-state index contributed by atoms with van der Waals surface area (Å²) in [4.78, 5) is 46.9. The second-order valence-corrected chi connectivity index (χ2v) is 7.14. The third-order valence-corrected chi connectivity index (χ3v) is 4.73. The van der Waals surface area contributed by atoms with Crippen molar-refractivity contribution in [3.63, 3.8) is 0 Å². The van der Waals surface area contributed by atoms with Crippen LogP contribution in [0.2, 0.25) is 0 Å². The summed E-state index contributed by atoms with van der Waals surface area (Å²) in [7, 11) is 0. The van der Waals surface area contributed by atoms with Gasteiger partial charge in [-0.3, -0.25) is 0 Å². The largest absolute Gasteiger partial charge is 0.423 e. The first-order valence-electron chi connectivity index (χ1n) is 10.5. The maximum atomic E-state index is 11.7. The van der Waals surface area contributed by atoms with Crippen LogP contribution in [0.15, 0.2) is 87.0 Å². The highest BCUT2D eigenvalue weighted by Gasteiger charge is 2.14. The Morgan fingerprint density at radius 2 is 0.722 bits per heavy atom. The van der Waals surface area contributed by atoms with Crippen molar-refractivity contribution in [2.45, 2.75) is 13.8 Å². The van der Waals surface area contributed by atoms with Crippen LogP contribution >= 0.6 is 0 Å². The lowest BCUT2D eigenvalue weighted by molar-refractivity contribution is -0.130. The molecule has 8 nitrogen and oxygen atoms in total. The molecule has 0 fully saturated rings. The Balaban J connectivity index is 2.64. The molecule has 2 aromatic carbocycles. The molecule has 0 heterocycles. The molecule has 0 radical (unpaired) electrons. The highest BCUT2D eigenvalue weighted by Crippen LogP contribution is 2.34. The van der Waals surface area contributed by atoms with E-state index in [1.165, 1.54) is 12.1 Å². The van der Waals surface area contributed by atoms with Gasteiger partial charge < -0.3 is 18.9 Å². The summed E-state index contributed by atoms with van der Waals surface area (Å²) in [6, 6.07) is 9.04. The summed E-state index contributed by atoms with van der Waals surface area (Å²) in [5.74, 6) is -2.32. The minimum absolute atomic E-state index is 0.116. The average Bonchev–Trinajstić information content (AvgIpc) is 2.86. The van der Waals surface area contributed by atoms with Gasteiger partial charge in [-0.05, 0) is 60.4 Å². The van der Waals surface area contributed by atoms with Gasteiger partial charge in [0.25, 0.3) is 0 Å². The van der Waals surface area contributed by atoms with E-state index in [0.29, 0.717) is 22.3 Å². The lowest BCUT2D eigenvalue weighted by atomic mass is 9.96. The van der Waals surface area contributed by atoms with Crippen molar-refractivity contribution in [3.8, 4) is 23.0 Å².